The average molecular weight is 402 g/mol. The van der Waals surface area contributed by atoms with Crippen molar-refractivity contribution in [2.45, 2.75) is 6.54 Å². The van der Waals surface area contributed by atoms with Crippen LogP contribution < -0.4 is 11.1 Å². The van der Waals surface area contributed by atoms with Crippen molar-refractivity contribution in [3.63, 3.8) is 0 Å². The first-order valence-electron chi connectivity index (χ1n) is 8.32. The van der Waals surface area contributed by atoms with Crippen LogP contribution in [0.15, 0.2) is 51.7 Å². The molecule has 1 N–H and O–H groups in total. The maximum Gasteiger partial charge on any atom is 0.420 e. The largest absolute Gasteiger partial charge is 0.420 e. The van der Waals surface area contributed by atoms with Crippen LogP contribution in [0.4, 0.5) is 15.8 Å². The van der Waals surface area contributed by atoms with E-state index in [0.29, 0.717) is 0 Å². The summed E-state index contributed by atoms with van der Waals surface area (Å²) in [5.74, 6) is -2.49. The molecule has 11 heteroatoms. The zero-order valence-electron chi connectivity index (χ0n) is 15.1. The first-order valence-corrected chi connectivity index (χ1v) is 8.32. The summed E-state index contributed by atoms with van der Waals surface area (Å²) in [5.41, 5.74) is 0.181. The summed E-state index contributed by atoms with van der Waals surface area (Å²) >= 11 is 0. The van der Waals surface area contributed by atoms with Crippen LogP contribution in [-0.2, 0) is 16.1 Å². The molecule has 0 aliphatic rings. The number of hydrogen-bond donors (Lipinski definition) is 1. The highest BCUT2D eigenvalue weighted by Gasteiger charge is 2.19. The number of nitro groups is 1. The van der Waals surface area contributed by atoms with Gasteiger partial charge in [0.1, 0.15) is 12.4 Å². The molecule has 0 atom stereocenters. The molecule has 0 saturated heterocycles. The summed E-state index contributed by atoms with van der Waals surface area (Å²) in [6.07, 6.45) is 0. The SMILES string of the molecule is CN(CC(=O)Nc1cccc(F)c1)C(=O)Cn1c(=O)oc2cc([N+](=O)[O-])ccc21. The fourth-order valence-electron chi connectivity index (χ4n) is 2.64. The number of oxazole rings is 1. The molecular formula is C18H15FN4O6. The van der Waals surface area contributed by atoms with Crippen molar-refractivity contribution in [2.75, 3.05) is 18.9 Å². The van der Waals surface area contributed by atoms with Gasteiger partial charge in [-0.25, -0.2) is 9.18 Å². The van der Waals surface area contributed by atoms with Crippen molar-refractivity contribution < 1.29 is 23.3 Å². The lowest BCUT2D eigenvalue weighted by Crippen LogP contribution is -2.38. The monoisotopic (exact) mass is 402 g/mol. The van der Waals surface area contributed by atoms with Crippen molar-refractivity contribution in [2.24, 2.45) is 0 Å². The van der Waals surface area contributed by atoms with Gasteiger partial charge in [0.05, 0.1) is 23.1 Å². The van der Waals surface area contributed by atoms with E-state index in [1.165, 1.54) is 37.4 Å². The molecule has 3 aromatic rings. The molecule has 0 fully saturated rings. The lowest BCUT2D eigenvalue weighted by molar-refractivity contribution is -0.384. The summed E-state index contributed by atoms with van der Waals surface area (Å²) in [5, 5.41) is 13.3. The van der Waals surface area contributed by atoms with Gasteiger partial charge >= 0.3 is 5.76 Å². The quantitative estimate of drug-likeness (QED) is 0.494. The molecule has 0 spiro atoms. The number of halogens is 1. The van der Waals surface area contributed by atoms with E-state index in [-0.39, 0.29) is 29.0 Å². The van der Waals surface area contributed by atoms with Crippen LogP contribution in [0.5, 0.6) is 0 Å². The third-order valence-electron chi connectivity index (χ3n) is 4.07. The number of likely N-dealkylation sites (N-methyl/N-ethyl adjacent to an activating group) is 1. The third kappa shape index (κ3) is 4.46. The van der Waals surface area contributed by atoms with E-state index >= 15 is 0 Å². The number of carbonyl (C=O) groups is 2. The third-order valence-corrected chi connectivity index (χ3v) is 4.07. The summed E-state index contributed by atoms with van der Waals surface area (Å²) in [6.45, 7) is -0.751. The molecule has 1 aromatic heterocycles. The Hall–Kier alpha value is -4.02. The Bertz CT molecular complexity index is 1170. The summed E-state index contributed by atoms with van der Waals surface area (Å²) < 4.78 is 19.1. The average Bonchev–Trinajstić information content (AvgIpc) is 2.96. The van der Waals surface area contributed by atoms with Crippen LogP contribution in [0, 0.1) is 15.9 Å². The lowest BCUT2D eigenvalue weighted by atomic mass is 10.3. The molecule has 0 radical (unpaired) electrons. The summed E-state index contributed by atoms with van der Waals surface area (Å²) in [6, 6.07) is 8.88. The number of non-ortho nitro benzene ring substituents is 1. The fourth-order valence-corrected chi connectivity index (χ4v) is 2.64. The zero-order chi connectivity index (χ0) is 21.1. The highest BCUT2D eigenvalue weighted by molar-refractivity contribution is 5.94. The minimum Gasteiger partial charge on any atom is -0.407 e. The van der Waals surface area contributed by atoms with Gasteiger partial charge in [-0.1, -0.05) is 6.07 Å². The summed E-state index contributed by atoms with van der Waals surface area (Å²) in [7, 11) is 1.37. The summed E-state index contributed by atoms with van der Waals surface area (Å²) in [4.78, 5) is 47.7. The van der Waals surface area contributed by atoms with E-state index in [0.717, 1.165) is 21.6 Å². The van der Waals surface area contributed by atoms with Crippen LogP contribution in [0.3, 0.4) is 0 Å². The number of amides is 2. The van der Waals surface area contributed by atoms with Gasteiger partial charge in [0.2, 0.25) is 11.8 Å². The number of fused-ring (bicyclic) bond motifs is 1. The second kappa shape index (κ2) is 7.92. The Morgan fingerprint density at radius 3 is 2.72 bits per heavy atom. The van der Waals surface area contributed by atoms with Crippen molar-refractivity contribution >= 4 is 34.3 Å². The smallest absolute Gasteiger partial charge is 0.407 e. The maximum atomic E-state index is 13.2. The zero-order valence-corrected chi connectivity index (χ0v) is 15.1. The molecule has 1 heterocycles. The van der Waals surface area contributed by atoms with Crippen LogP contribution in [0.25, 0.3) is 11.1 Å². The normalized spacial score (nSPS) is 10.7. The molecule has 10 nitrogen and oxygen atoms in total. The Morgan fingerprint density at radius 2 is 2.03 bits per heavy atom. The minimum atomic E-state index is -0.855. The van der Waals surface area contributed by atoms with Gasteiger partial charge in [-0.15, -0.1) is 0 Å². The topological polar surface area (TPSA) is 128 Å². The number of nitro benzene ring substituents is 1. The van der Waals surface area contributed by atoms with E-state index in [1.807, 2.05) is 0 Å². The lowest BCUT2D eigenvalue weighted by Gasteiger charge is -2.17. The fraction of sp³-hybridized carbons (Fsp3) is 0.167. The van der Waals surface area contributed by atoms with Gasteiger partial charge in [-0.05, 0) is 24.3 Å². The molecular weight excluding hydrogens is 387 g/mol. The molecule has 150 valence electrons. The maximum absolute atomic E-state index is 13.2. The van der Waals surface area contributed by atoms with Crippen LogP contribution in [-0.4, -0.2) is 39.8 Å². The standard InChI is InChI=1S/C18H15FN4O6/c1-21(9-16(24)20-12-4-2-3-11(19)7-12)17(25)10-22-14-6-5-13(23(27)28)8-15(14)29-18(22)26/h2-8H,9-10H2,1H3,(H,20,24). The Kier molecular flexibility index (Phi) is 5.39. The molecule has 0 unspecified atom stereocenters. The van der Waals surface area contributed by atoms with Crippen LogP contribution in [0.2, 0.25) is 0 Å². The number of nitrogens with zero attached hydrogens (tertiary/aromatic N) is 3. The highest BCUT2D eigenvalue weighted by Crippen LogP contribution is 2.20. The number of aromatic nitrogens is 1. The Morgan fingerprint density at radius 1 is 1.28 bits per heavy atom. The number of benzene rings is 2. The van der Waals surface area contributed by atoms with Crippen molar-refractivity contribution in [3.05, 3.63) is 68.9 Å². The Balaban J connectivity index is 1.69. The predicted octanol–water partition coefficient (Wildman–Crippen LogP) is 1.74. The van der Waals surface area contributed by atoms with E-state index < -0.39 is 34.9 Å². The number of carbonyl (C=O) groups excluding carboxylic acids is 2. The van der Waals surface area contributed by atoms with Gasteiger partial charge in [0, 0.05) is 18.8 Å². The number of rotatable bonds is 6. The second-order valence-electron chi connectivity index (χ2n) is 6.17. The Labute approximate surface area is 162 Å². The van der Waals surface area contributed by atoms with E-state index in [9.17, 15) is 28.9 Å². The molecule has 0 aliphatic heterocycles. The van der Waals surface area contributed by atoms with Crippen LogP contribution >= 0.6 is 0 Å². The molecule has 0 bridgehead atoms. The first kappa shape index (κ1) is 19.7. The number of anilines is 1. The van der Waals surface area contributed by atoms with Gasteiger partial charge < -0.3 is 14.6 Å². The van der Waals surface area contributed by atoms with Gasteiger partial charge in [0.25, 0.3) is 5.69 Å². The van der Waals surface area contributed by atoms with Gasteiger partial charge in [-0.3, -0.25) is 24.3 Å². The van der Waals surface area contributed by atoms with Crippen molar-refractivity contribution in [3.8, 4) is 0 Å². The van der Waals surface area contributed by atoms with E-state index in [2.05, 4.69) is 5.32 Å². The first-order chi connectivity index (χ1) is 13.7. The van der Waals surface area contributed by atoms with Gasteiger partial charge in [-0.2, -0.15) is 0 Å². The van der Waals surface area contributed by atoms with E-state index in [1.54, 1.807) is 0 Å². The predicted molar refractivity (Wildman–Crippen MR) is 99.8 cm³/mol. The van der Waals surface area contributed by atoms with Crippen LogP contribution in [0.1, 0.15) is 0 Å². The van der Waals surface area contributed by atoms with Crippen molar-refractivity contribution in [1.29, 1.82) is 0 Å². The molecule has 0 aliphatic carbocycles. The highest BCUT2D eigenvalue weighted by atomic mass is 19.1. The van der Waals surface area contributed by atoms with Gasteiger partial charge in [0.15, 0.2) is 5.58 Å². The van der Waals surface area contributed by atoms with Crippen molar-refractivity contribution in [1.82, 2.24) is 9.47 Å². The molecule has 2 aromatic carbocycles. The molecule has 29 heavy (non-hydrogen) atoms. The molecule has 0 saturated carbocycles. The van der Waals surface area contributed by atoms with E-state index in [4.69, 9.17) is 4.42 Å². The molecule has 3 rings (SSSR count). The second-order valence-corrected chi connectivity index (χ2v) is 6.17. The minimum absolute atomic E-state index is 0.0245. The molecule has 2 amide bonds. The number of nitrogens with one attached hydrogen (secondary N) is 1. The number of hydrogen-bond acceptors (Lipinski definition) is 6.